The maximum Gasteiger partial charge on any atom is 0.419 e. The molecule has 0 aliphatic carbocycles. The van der Waals surface area contributed by atoms with Crippen LogP contribution < -0.4 is 0 Å². The molecule has 0 spiro atoms. The van der Waals surface area contributed by atoms with E-state index in [2.05, 4.69) is 17.0 Å². The largest absolute Gasteiger partial charge is 0.443 e. The smallest absolute Gasteiger partial charge is 0.419 e. The molecule has 0 bridgehead atoms. The highest BCUT2D eigenvalue weighted by Crippen LogP contribution is 2.32. The first-order chi connectivity index (χ1) is 17.6. The Bertz CT molecular complexity index is 1520. The van der Waals surface area contributed by atoms with Crippen molar-refractivity contribution >= 4 is 38.2 Å². The fraction of sp³-hybridized carbons (Fsp3) is 0.345. The Balaban J connectivity index is 1.30. The first-order valence-corrected chi connectivity index (χ1v) is 15.0. The van der Waals surface area contributed by atoms with Crippen LogP contribution in [0.3, 0.4) is 0 Å². The van der Waals surface area contributed by atoms with Crippen molar-refractivity contribution in [3.63, 3.8) is 0 Å². The fourth-order valence-corrected chi connectivity index (χ4v) is 7.42. The first kappa shape index (κ1) is 25.7. The minimum Gasteiger partial charge on any atom is -0.443 e. The molecule has 2 aromatic heterocycles. The zero-order chi connectivity index (χ0) is 26.2. The lowest BCUT2D eigenvalue weighted by Crippen LogP contribution is -2.26. The van der Waals surface area contributed by atoms with Crippen LogP contribution in [0.15, 0.2) is 76.4 Å². The highest BCUT2D eigenvalue weighted by atomic mass is 32.2. The monoisotopic (exact) mass is 536 g/mol. The minimum absolute atomic E-state index is 0.0158. The lowest BCUT2D eigenvalue weighted by Gasteiger charge is -2.19. The van der Waals surface area contributed by atoms with Crippen LogP contribution in [0.1, 0.15) is 49.8 Å². The van der Waals surface area contributed by atoms with Gasteiger partial charge in [0.05, 0.1) is 11.3 Å². The molecule has 1 aliphatic heterocycles. The quantitative estimate of drug-likeness (QED) is 0.283. The van der Waals surface area contributed by atoms with Crippen molar-refractivity contribution in [3.05, 3.63) is 88.9 Å². The zero-order valence-electron chi connectivity index (χ0n) is 21.4. The standard InChI is InChI=1S/C29H32N2O4S2/c1-29(2,3)35-28(32)31-19-24(25-10-4-5-11-26(25)31)18-30-14-13-23(17-30)22-9-6-8-21(16-22)20-37(33,34)27-12-7-15-36-27/h4-12,15-16,19,23H,13-14,17-18,20H2,1-3H3. The molecule has 2 aromatic carbocycles. The molecule has 4 aromatic rings. The predicted octanol–water partition coefficient (Wildman–Crippen LogP) is 6.45. The molecule has 6 nitrogen and oxygen atoms in total. The van der Waals surface area contributed by atoms with Crippen LogP contribution in [0.5, 0.6) is 0 Å². The summed E-state index contributed by atoms with van der Waals surface area (Å²) in [5, 5.41) is 2.85. The average Bonchev–Trinajstić information content (AvgIpc) is 3.59. The molecule has 1 aliphatic rings. The van der Waals surface area contributed by atoms with Gasteiger partial charge in [0.1, 0.15) is 9.81 Å². The van der Waals surface area contributed by atoms with Gasteiger partial charge in [0.15, 0.2) is 9.84 Å². The summed E-state index contributed by atoms with van der Waals surface area (Å²) in [6.45, 7) is 8.16. The summed E-state index contributed by atoms with van der Waals surface area (Å²) in [6.07, 6.45) is 2.54. The second kappa shape index (κ2) is 10.1. The molecule has 0 saturated carbocycles. The van der Waals surface area contributed by atoms with Crippen molar-refractivity contribution in [2.45, 2.75) is 55.2 Å². The molecule has 1 fully saturated rings. The Morgan fingerprint density at radius 2 is 1.89 bits per heavy atom. The molecule has 37 heavy (non-hydrogen) atoms. The molecule has 1 atom stereocenters. The number of nitrogens with zero attached hydrogens (tertiary/aromatic N) is 2. The van der Waals surface area contributed by atoms with Gasteiger partial charge in [-0.2, -0.15) is 0 Å². The van der Waals surface area contributed by atoms with E-state index in [4.69, 9.17) is 4.74 Å². The number of rotatable bonds is 6. The van der Waals surface area contributed by atoms with Gasteiger partial charge in [0.2, 0.25) is 0 Å². The number of fused-ring (bicyclic) bond motifs is 1. The van der Waals surface area contributed by atoms with Gasteiger partial charge in [-0.25, -0.2) is 13.2 Å². The summed E-state index contributed by atoms with van der Waals surface area (Å²) in [5.41, 5.74) is 3.38. The summed E-state index contributed by atoms with van der Waals surface area (Å²) < 4.78 is 33.2. The van der Waals surface area contributed by atoms with Crippen molar-refractivity contribution in [2.75, 3.05) is 13.1 Å². The van der Waals surface area contributed by atoms with Gasteiger partial charge >= 0.3 is 6.09 Å². The Morgan fingerprint density at radius 1 is 1.08 bits per heavy atom. The van der Waals surface area contributed by atoms with Crippen LogP contribution in [-0.2, 0) is 26.9 Å². The third-order valence-corrected chi connectivity index (χ3v) is 9.81. The highest BCUT2D eigenvalue weighted by Gasteiger charge is 2.27. The number of carbonyl (C=O) groups excluding carboxylic acids is 1. The number of likely N-dealkylation sites (tertiary alicyclic amines) is 1. The normalized spacial score (nSPS) is 16.9. The second-order valence-electron chi connectivity index (χ2n) is 10.7. The Labute approximate surface area is 222 Å². The van der Waals surface area contributed by atoms with Gasteiger partial charge in [0.25, 0.3) is 0 Å². The number of hydrogen-bond acceptors (Lipinski definition) is 6. The van der Waals surface area contributed by atoms with Gasteiger partial charge in [-0.3, -0.25) is 9.47 Å². The Morgan fingerprint density at radius 3 is 2.65 bits per heavy atom. The molecule has 0 amide bonds. The molecule has 1 unspecified atom stereocenters. The minimum atomic E-state index is -3.33. The zero-order valence-corrected chi connectivity index (χ0v) is 23.0. The van der Waals surface area contributed by atoms with Gasteiger partial charge in [0, 0.05) is 24.7 Å². The predicted molar refractivity (Wildman–Crippen MR) is 148 cm³/mol. The van der Waals surface area contributed by atoms with E-state index in [0.717, 1.165) is 48.1 Å². The SMILES string of the molecule is CC(C)(C)OC(=O)n1cc(CN2CCC(c3cccc(CS(=O)(=O)c4cccs4)c3)C2)c2ccccc21. The summed E-state index contributed by atoms with van der Waals surface area (Å²) >= 11 is 1.26. The number of ether oxygens (including phenoxy) is 1. The van der Waals surface area contributed by atoms with E-state index in [-0.39, 0.29) is 11.8 Å². The van der Waals surface area contributed by atoms with Crippen molar-refractivity contribution < 1.29 is 17.9 Å². The summed E-state index contributed by atoms with van der Waals surface area (Å²) in [4.78, 5) is 15.3. The second-order valence-corrected chi connectivity index (χ2v) is 13.8. The van der Waals surface area contributed by atoms with Gasteiger partial charge < -0.3 is 4.74 Å². The van der Waals surface area contributed by atoms with E-state index in [1.54, 1.807) is 22.1 Å². The van der Waals surface area contributed by atoms with Crippen LogP contribution in [-0.4, -0.2) is 42.7 Å². The number of para-hydroxylation sites is 1. The summed E-state index contributed by atoms with van der Waals surface area (Å²) in [6, 6.07) is 19.4. The number of benzene rings is 2. The number of sulfone groups is 1. The maximum atomic E-state index is 12.9. The van der Waals surface area contributed by atoms with E-state index in [9.17, 15) is 13.2 Å². The van der Waals surface area contributed by atoms with Crippen molar-refractivity contribution in [3.8, 4) is 0 Å². The van der Waals surface area contributed by atoms with Gasteiger partial charge in [-0.1, -0.05) is 48.5 Å². The third kappa shape index (κ3) is 5.81. The molecule has 8 heteroatoms. The van der Waals surface area contributed by atoms with E-state index >= 15 is 0 Å². The molecule has 5 rings (SSSR count). The number of aromatic nitrogens is 1. The topological polar surface area (TPSA) is 68.6 Å². The molecular formula is C29H32N2O4S2. The molecule has 194 valence electrons. The summed E-state index contributed by atoms with van der Waals surface area (Å²) in [5.74, 6) is 0.352. The van der Waals surface area contributed by atoms with E-state index in [0.29, 0.717) is 10.1 Å². The van der Waals surface area contributed by atoms with Crippen molar-refractivity contribution in [1.82, 2.24) is 9.47 Å². The third-order valence-electron chi connectivity index (χ3n) is 6.63. The van der Waals surface area contributed by atoms with Crippen LogP contribution in [0, 0.1) is 0 Å². The summed E-state index contributed by atoms with van der Waals surface area (Å²) in [7, 11) is -3.33. The molecule has 1 saturated heterocycles. The highest BCUT2D eigenvalue weighted by molar-refractivity contribution is 7.92. The lowest BCUT2D eigenvalue weighted by molar-refractivity contribution is 0.0544. The number of hydrogen-bond donors (Lipinski definition) is 0. The molecule has 0 radical (unpaired) electrons. The molecule has 3 heterocycles. The fourth-order valence-electron chi connectivity index (χ4n) is 5.00. The Kier molecular flexibility index (Phi) is 7.00. The van der Waals surface area contributed by atoms with E-state index in [1.165, 1.54) is 16.9 Å². The molecular weight excluding hydrogens is 504 g/mol. The van der Waals surface area contributed by atoms with Gasteiger partial charge in [-0.15, -0.1) is 11.3 Å². The van der Waals surface area contributed by atoms with E-state index < -0.39 is 15.4 Å². The number of thiophene rings is 1. The lowest BCUT2D eigenvalue weighted by atomic mass is 9.97. The number of carbonyl (C=O) groups is 1. The van der Waals surface area contributed by atoms with E-state index in [1.807, 2.05) is 63.4 Å². The van der Waals surface area contributed by atoms with Crippen molar-refractivity contribution in [1.29, 1.82) is 0 Å². The Hall–Kier alpha value is -2.94. The van der Waals surface area contributed by atoms with Crippen molar-refractivity contribution in [2.24, 2.45) is 0 Å². The maximum absolute atomic E-state index is 12.9. The first-order valence-electron chi connectivity index (χ1n) is 12.5. The average molecular weight is 537 g/mol. The van der Waals surface area contributed by atoms with Crippen LogP contribution in [0.4, 0.5) is 4.79 Å². The van der Waals surface area contributed by atoms with Crippen LogP contribution >= 0.6 is 11.3 Å². The van der Waals surface area contributed by atoms with Crippen LogP contribution in [0.25, 0.3) is 10.9 Å². The van der Waals surface area contributed by atoms with Crippen LogP contribution in [0.2, 0.25) is 0 Å². The molecule has 0 N–H and O–H groups in total. The van der Waals surface area contributed by atoms with Gasteiger partial charge in [-0.05, 0) is 73.9 Å².